The Hall–Kier alpha value is -1.65. The van der Waals surface area contributed by atoms with Crippen molar-refractivity contribution in [3.63, 3.8) is 0 Å². The Kier molecular flexibility index (Phi) is 4.08. The Morgan fingerprint density at radius 3 is 2.90 bits per heavy atom. The minimum atomic E-state index is -0.809. The van der Waals surface area contributed by atoms with Crippen LogP contribution in [0, 0.1) is 0 Å². The molecule has 21 heavy (non-hydrogen) atoms. The van der Waals surface area contributed by atoms with Crippen molar-refractivity contribution >= 4 is 17.3 Å². The summed E-state index contributed by atoms with van der Waals surface area (Å²) in [5.74, 6) is -0.809. The molecule has 1 aliphatic rings. The van der Waals surface area contributed by atoms with Gasteiger partial charge in [0.1, 0.15) is 4.88 Å². The van der Waals surface area contributed by atoms with Crippen molar-refractivity contribution in [1.29, 1.82) is 0 Å². The SMILES string of the molecule is CCc1cccc(CN2CCc3cc(C(=O)O)sc3C2)c1. The molecule has 0 unspecified atom stereocenters. The predicted octanol–water partition coefficient (Wildman–Crippen LogP) is 3.57. The van der Waals surface area contributed by atoms with Crippen LogP contribution in [-0.4, -0.2) is 22.5 Å². The minimum Gasteiger partial charge on any atom is -0.477 e. The summed E-state index contributed by atoms with van der Waals surface area (Å²) in [6.07, 6.45) is 2.01. The summed E-state index contributed by atoms with van der Waals surface area (Å²) in [5.41, 5.74) is 3.93. The standard InChI is InChI=1S/C17H19NO2S/c1-2-12-4-3-5-13(8-12)10-18-7-6-14-9-15(17(19)20)21-16(14)11-18/h3-5,8-9H,2,6-7,10-11H2,1H3,(H,19,20). The van der Waals surface area contributed by atoms with Crippen LogP contribution in [0.15, 0.2) is 30.3 Å². The van der Waals surface area contributed by atoms with E-state index in [4.69, 9.17) is 5.11 Å². The van der Waals surface area contributed by atoms with Crippen molar-refractivity contribution in [1.82, 2.24) is 4.90 Å². The zero-order valence-electron chi connectivity index (χ0n) is 12.1. The molecule has 1 aromatic carbocycles. The largest absolute Gasteiger partial charge is 0.477 e. The van der Waals surface area contributed by atoms with Crippen LogP contribution in [0.25, 0.3) is 0 Å². The summed E-state index contributed by atoms with van der Waals surface area (Å²) < 4.78 is 0. The normalized spacial score (nSPS) is 14.9. The molecule has 2 heterocycles. The number of thiophene rings is 1. The second-order valence-electron chi connectivity index (χ2n) is 5.50. The number of hydrogen-bond acceptors (Lipinski definition) is 3. The van der Waals surface area contributed by atoms with Gasteiger partial charge in [-0.05, 0) is 35.6 Å². The molecule has 110 valence electrons. The van der Waals surface area contributed by atoms with Gasteiger partial charge in [-0.3, -0.25) is 4.90 Å². The van der Waals surface area contributed by atoms with Gasteiger partial charge in [0.15, 0.2) is 0 Å². The third-order valence-corrected chi connectivity index (χ3v) is 5.13. The zero-order valence-corrected chi connectivity index (χ0v) is 12.9. The molecule has 1 N–H and O–H groups in total. The van der Waals surface area contributed by atoms with E-state index < -0.39 is 5.97 Å². The summed E-state index contributed by atoms with van der Waals surface area (Å²) in [7, 11) is 0. The Labute approximate surface area is 128 Å². The molecule has 0 saturated heterocycles. The third kappa shape index (κ3) is 3.17. The first-order chi connectivity index (χ1) is 10.2. The van der Waals surface area contributed by atoms with E-state index in [1.54, 1.807) is 0 Å². The average molecular weight is 301 g/mol. The van der Waals surface area contributed by atoms with E-state index >= 15 is 0 Å². The van der Waals surface area contributed by atoms with Crippen molar-refractivity contribution in [2.24, 2.45) is 0 Å². The third-order valence-electron chi connectivity index (χ3n) is 3.98. The van der Waals surface area contributed by atoms with Crippen molar-refractivity contribution in [3.8, 4) is 0 Å². The van der Waals surface area contributed by atoms with Crippen LogP contribution < -0.4 is 0 Å². The van der Waals surface area contributed by atoms with Crippen molar-refractivity contribution < 1.29 is 9.90 Å². The molecule has 0 saturated carbocycles. The molecule has 0 fully saturated rings. The van der Waals surface area contributed by atoms with Gasteiger partial charge in [0, 0.05) is 24.5 Å². The lowest BCUT2D eigenvalue weighted by Crippen LogP contribution is -2.29. The molecule has 3 nitrogen and oxygen atoms in total. The maximum absolute atomic E-state index is 11.1. The molecule has 0 amide bonds. The van der Waals surface area contributed by atoms with E-state index in [9.17, 15) is 4.79 Å². The molecule has 0 bridgehead atoms. The van der Waals surface area contributed by atoms with Gasteiger partial charge in [-0.2, -0.15) is 0 Å². The van der Waals surface area contributed by atoms with Crippen LogP contribution in [0.5, 0.6) is 0 Å². The van der Waals surface area contributed by atoms with Crippen molar-refractivity contribution in [3.05, 3.63) is 56.8 Å². The first kappa shape index (κ1) is 14.3. The molecule has 1 aromatic heterocycles. The number of benzene rings is 1. The molecule has 0 spiro atoms. The highest BCUT2D eigenvalue weighted by Gasteiger charge is 2.21. The molecule has 0 radical (unpaired) electrons. The maximum atomic E-state index is 11.1. The molecule has 3 rings (SSSR count). The first-order valence-corrected chi connectivity index (χ1v) is 8.12. The van der Waals surface area contributed by atoms with E-state index in [1.165, 1.54) is 32.9 Å². The highest BCUT2D eigenvalue weighted by atomic mass is 32.1. The smallest absolute Gasteiger partial charge is 0.345 e. The van der Waals surface area contributed by atoms with E-state index in [1.807, 2.05) is 6.07 Å². The van der Waals surface area contributed by atoms with Crippen LogP contribution in [-0.2, 0) is 25.9 Å². The number of carbonyl (C=O) groups is 1. The highest BCUT2D eigenvalue weighted by Crippen LogP contribution is 2.29. The quantitative estimate of drug-likeness (QED) is 0.938. The van der Waals surface area contributed by atoms with E-state index in [0.29, 0.717) is 4.88 Å². The topological polar surface area (TPSA) is 40.5 Å². The van der Waals surface area contributed by atoms with Crippen LogP contribution in [0.3, 0.4) is 0 Å². The monoisotopic (exact) mass is 301 g/mol. The van der Waals surface area contributed by atoms with Crippen molar-refractivity contribution in [2.45, 2.75) is 32.9 Å². The lowest BCUT2D eigenvalue weighted by molar-refractivity contribution is 0.0702. The summed E-state index contributed by atoms with van der Waals surface area (Å²) in [6.45, 7) is 4.97. The number of rotatable bonds is 4. The molecular weight excluding hydrogens is 282 g/mol. The summed E-state index contributed by atoms with van der Waals surface area (Å²) in [4.78, 5) is 15.1. The lowest BCUT2D eigenvalue weighted by Gasteiger charge is -2.26. The van der Waals surface area contributed by atoms with Gasteiger partial charge in [-0.1, -0.05) is 31.2 Å². The molecule has 0 aliphatic carbocycles. The Bertz CT molecular complexity index is 663. The number of aromatic carboxylic acids is 1. The predicted molar refractivity (Wildman–Crippen MR) is 84.9 cm³/mol. The maximum Gasteiger partial charge on any atom is 0.345 e. The van der Waals surface area contributed by atoms with Gasteiger partial charge in [-0.15, -0.1) is 11.3 Å². The molecule has 0 atom stereocenters. The highest BCUT2D eigenvalue weighted by molar-refractivity contribution is 7.14. The average Bonchev–Trinajstić information content (AvgIpc) is 2.91. The van der Waals surface area contributed by atoms with Crippen molar-refractivity contribution in [2.75, 3.05) is 6.54 Å². The summed E-state index contributed by atoms with van der Waals surface area (Å²) in [6, 6.07) is 10.6. The lowest BCUT2D eigenvalue weighted by atomic mass is 10.1. The van der Waals surface area contributed by atoms with Gasteiger partial charge < -0.3 is 5.11 Å². The summed E-state index contributed by atoms with van der Waals surface area (Å²) in [5, 5.41) is 9.09. The number of fused-ring (bicyclic) bond motifs is 1. The Morgan fingerprint density at radius 1 is 1.33 bits per heavy atom. The second kappa shape index (κ2) is 6.00. The fourth-order valence-electron chi connectivity index (χ4n) is 2.82. The van der Waals surface area contributed by atoms with Gasteiger partial charge in [0.25, 0.3) is 0 Å². The van der Waals surface area contributed by atoms with E-state index in [0.717, 1.165) is 32.5 Å². The second-order valence-corrected chi connectivity index (χ2v) is 6.64. The van der Waals surface area contributed by atoms with Crippen LogP contribution in [0.1, 0.15) is 38.2 Å². The van der Waals surface area contributed by atoms with Gasteiger partial charge in [-0.25, -0.2) is 4.79 Å². The fraction of sp³-hybridized carbons (Fsp3) is 0.353. The number of aryl methyl sites for hydroxylation is 1. The molecule has 2 aromatic rings. The first-order valence-electron chi connectivity index (χ1n) is 7.30. The molecule has 1 aliphatic heterocycles. The van der Waals surface area contributed by atoms with E-state index in [-0.39, 0.29) is 0 Å². The van der Waals surface area contributed by atoms with Gasteiger partial charge >= 0.3 is 5.97 Å². The summed E-state index contributed by atoms with van der Waals surface area (Å²) >= 11 is 1.42. The van der Waals surface area contributed by atoms with Crippen LogP contribution >= 0.6 is 11.3 Å². The van der Waals surface area contributed by atoms with Crippen LogP contribution in [0.2, 0.25) is 0 Å². The van der Waals surface area contributed by atoms with Crippen LogP contribution in [0.4, 0.5) is 0 Å². The Morgan fingerprint density at radius 2 is 2.14 bits per heavy atom. The molecule has 4 heteroatoms. The number of carboxylic acids is 1. The molecular formula is C17H19NO2S. The number of nitrogens with zero attached hydrogens (tertiary/aromatic N) is 1. The van der Waals surface area contributed by atoms with E-state index in [2.05, 4.69) is 36.1 Å². The van der Waals surface area contributed by atoms with Gasteiger partial charge in [0.2, 0.25) is 0 Å². The number of hydrogen-bond donors (Lipinski definition) is 1. The number of carboxylic acid groups (broad SMARTS) is 1. The fourth-order valence-corrected chi connectivity index (χ4v) is 3.91. The Balaban J connectivity index is 1.72. The minimum absolute atomic E-state index is 0.467. The van der Waals surface area contributed by atoms with Gasteiger partial charge in [0.05, 0.1) is 0 Å². The zero-order chi connectivity index (χ0) is 14.8.